The summed E-state index contributed by atoms with van der Waals surface area (Å²) in [5.74, 6) is 0.321. The molecule has 0 radical (unpaired) electrons. The fraction of sp³-hybridized carbons (Fsp3) is 0.174. The van der Waals surface area contributed by atoms with Crippen molar-refractivity contribution in [3.05, 3.63) is 78.0 Å². The molecular weight excluding hydrogens is 362 g/mol. The Kier molecular flexibility index (Phi) is 6.43. The summed E-state index contributed by atoms with van der Waals surface area (Å²) >= 11 is 0. The molecule has 0 bridgehead atoms. The van der Waals surface area contributed by atoms with E-state index in [1.54, 1.807) is 42.6 Å². The molecule has 0 aliphatic heterocycles. The lowest BCUT2D eigenvalue weighted by atomic mass is 10.2. The summed E-state index contributed by atoms with van der Waals surface area (Å²) in [6, 6.07) is 20.3. The molecule has 0 saturated heterocycles. The molecule has 2 aromatic carbocycles. The van der Waals surface area contributed by atoms with Crippen molar-refractivity contribution in [3.63, 3.8) is 0 Å². The average Bonchev–Trinajstić information content (AvgIpc) is 2.76. The predicted molar refractivity (Wildman–Crippen MR) is 117 cm³/mol. The second-order valence-corrected chi connectivity index (χ2v) is 6.42. The van der Waals surface area contributed by atoms with E-state index in [9.17, 15) is 4.79 Å². The van der Waals surface area contributed by atoms with Gasteiger partial charge in [0.2, 0.25) is 0 Å². The zero-order valence-corrected chi connectivity index (χ0v) is 16.5. The number of hydrogen-bond donors (Lipinski definition) is 2. The fourth-order valence-corrected chi connectivity index (χ4v) is 3.00. The zero-order valence-electron chi connectivity index (χ0n) is 16.5. The van der Waals surface area contributed by atoms with Crippen LogP contribution in [0.25, 0.3) is 0 Å². The molecule has 3 aromatic rings. The summed E-state index contributed by atoms with van der Waals surface area (Å²) in [5.41, 5.74) is 3.61. The summed E-state index contributed by atoms with van der Waals surface area (Å²) < 4.78 is 0. The molecule has 0 aliphatic carbocycles. The first-order chi connectivity index (χ1) is 14.1. The van der Waals surface area contributed by atoms with E-state index in [0.717, 1.165) is 18.8 Å². The highest BCUT2D eigenvalue weighted by Gasteiger charge is 2.09. The maximum absolute atomic E-state index is 12.5. The van der Waals surface area contributed by atoms with E-state index in [-0.39, 0.29) is 5.91 Å². The van der Waals surface area contributed by atoms with Crippen molar-refractivity contribution in [1.29, 1.82) is 5.26 Å². The van der Waals surface area contributed by atoms with Crippen LogP contribution in [0.5, 0.6) is 0 Å². The summed E-state index contributed by atoms with van der Waals surface area (Å²) in [5, 5.41) is 15.0. The maximum atomic E-state index is 12.5. The number of nitrogens with one attached hydrogen (secondary N) is 2. The highest BCUT2D eigenvalue weighted by atomic mass is 16.1. The summed E-state index contributed by atoms with van der Waals surface area (Å²) in [7, 11) is 0. The van der Waals surface area contributed by atoms with Crippen molar-refractivity contribution in [2.24, 2.45) is 0 Å². The Morgan fingerprint density at radius 3 is 2.48 bits per heavy atom. The van der Waals surface area contributed by atoms with Gasteiger partial charge in [-0.1, -0.05) is 6.07 Å². The number of nitrogens with zero attached hydrogens (tertiary/aromatic N) is 3. The van der Waals surface area contributed by atoms with Gasteiger partial charge in [-0.2, -0.15) is 5.26 Å². The van der Waals surface area contributed by atoms with Crippen LogP contribution in [0.1, 0.15) is 29.8 Å². The molecule has 3 rings (SSSR count). The van der Waals surface area contributed by atoms with E-state index >= 15 is 0 Å². The Bertz CT molecular complexity index is 1020. The van der Waals surface area contributed by atoms with Gasteiger partial charge in [0.1, 0.15) is 5.82 Å². The van der Waals surface area contributed by atoms with Crippen molar-refractivity contribution in [2.45, 2.75) is 13.8 Å². The van der Waals surface area contributed by atoms with Crippen LogP contribution in [-0.2, 0) is 0 Å². The van der Waals surface area contributed by atoms with Gasteiger partial charge < -0.3 is 15.5 Å². The largest absolute Gasteiger partial charge is 0.372 e. The number of nitriles is 1. The van der Waals surface area contributed by atoms with Gasteiger partial charge in [-0.05, 0) is 68.4 Å². The lowest BCUT2D eigenvalue weighted by Crippen LogP contribution is -2.21. The van der Waals surface area contributed by atoms with Crippen molar-refractivity contribution < 1.29 is 4.79 Å². The Labute approximate surface area is 170 Å². The summed E-state index contributed by atoms with van der Waals surface area (Å²) in [6.45, 7) is 6.18. The molecule has 6 heteroatoms. The standard InChI is InChI=1S/C23H23N5O/c1-3-28(4-2)21-10-8-19(9-11-21)26-22-15-18(12-13-25-22)23(29)27-20-7-5-6-17(14-20)16-24/h5-15H,3-4H2,1-2H3,(H,25,26)(H,27,29). The molecule has 6 nitrogen and oxygen atoms in total. The van der Waals surface area contributed by atoms with Crippen LogP contribution < -0.4 is 15.5 Å². The Morgan fingerprint density at radius 1 is 1.03 bits per heavy atom. The molecule has 1 heterocycles. The van der Waals surface area contributed by atoms with Crippen molar-refractivity contribution in [2.75, 3.05) is 28.6 Å². The number of carbonyl (C=O) groups excluding carboxylic acids is 1. The molecule has 0 atom stereocenters. The molecule has 0 saturated carbocycles. The number of carbonyl (C=O) groups is 1. The fourth-order valence-electron chi connectivity index (χ4n) is 3.00. The normalized spacial score (nSPS) is 10.1. The number of aromatic nitrogens is 1. The number of anilines is 4. The third kappa shape index (κ3) is 5.11. The van der Waals surface area contributed by atoms with Crippen LogP contribution in [0, 0.1) is 11.3 Å². The molecule has 0 fully saturated rings. The second-order valence-electron chi connectivity index (χ2n) is 6.42. The van der Waals surface area contributed by atoms with Gasteiger partial charge in [-0.3, -0.25) is 4.79 Å². The average molecular weight is 385 g/mol. The molecule has 0 unspecified atom stereocenters. The molecular formula is C23H23N5O. The lowest BCUT2D eigenvalue weighted by Gasteiger charge is -2.21. The lowest BCUT2D eigenvalue weighted by molar-refractivity contribution is 0.102. The topological polar surface area (TPSA) is 81.0 Å². The second kappa shape index (κ2) is 9.38. The van der Waals surface area contributed by atoms with Gasteiger partial charge >= 0.3 is 0 Å². The molecule has 0 spiro atoms. The van der Waals surface area contributed by atoms with Gasteiger partial charge in [-0.25, -0.2) is 4.98 Å². The maximum Gasteiger partial charge on any atom is 0.255 e. The van der Waals surface area contributed by atoms with Gasteiger partial charge in [0.25, 0.3) is 5.91 Å². The summed E-state index contributed by atoms with van der Waals surface area (Å²) in [6.07, 6.45) is 1.59. The SMILES string of the molecule is CCN(CC)c1ccc(Nc2cc(C(=O)Nc3cccc(C#N)c3)ccn2)cc1. The van der Waals surface area contributed by atoms with Crippen LogP contribution in [0.15, 0.2) is 66.9 Å². The molecule has 29 heavy (non-hydrogen) atoms. The Morgan fingerprint density at radius 2 is 1.79 bits per heavy atom. The number of pyridine rings is 1. The third-order valence-corrected chi connectivity index (χ3v) is 4.54. The van der Waals surface area contributed by atoms with E-state index < -0.39 is 0 Å². The van der Waals surface area contributed by atoms with E-state index in [4.69, 9.17) is 5.26 Å². The van der Waals surface area contributed by atoms with Gasteiger partial charge in [-0.15, -0.1) is 0 Å². The molecule has 2 N–H and O–H groups in total. The van der Waals surface area contributed by atoms with Crippen LogP contribution in [0.2, 0.25) is 0 Å². The molecule has 0 aliphatic rings. The summed E-state index contributed by atoms with van der Waals surface area (Å²) in [4.78, 5) is 19.1. The predicted octanol–water partition coefficient (Wildman–Crippen LogP) is 4.80. The van der Waals surface area contributed by atoms with Crippen molar-refractivity contribution in [3.8, 4) is 6.07 Å². The van der Waals surface area contributed by atoms with Crippen LogP contribution >= 0.6 is 0 Å². The smallest absolute Gasteiger partial charge is 0.255 e. The Hall–Kier alpha value is -3.85. The van der Waals surface area contributed by atoms with Crippen LogP contribution in [0.4, 0.5) is 22.9 Å². The number of hydrogen-bond acceptors (Lipinski definition) is 5. The Balaban J connectivity index is 1.70. The first-order valence-electron chi connectivity index (χ1n) is 9.52. The van der Waals surface area contributed by atoms with Crippen LogP contribution in [0.3, 0.4) is 0 Å². The van der Waals surface area contributed by atoms with Crippen LogP contribution in [-0.4, -0.2) is 24.0 Å². The van der Waals surface area contributed by atoms with Crippen molar-refractivity contribution >= 4 is 28.8 Å². The quantitative estimate of drug-likeness (QED) is 0.611. The van der Waals surface area contributed by atoms with E-state index in [2.05, 4.69) is 52.6 Å². The minimum Gasteiger partial charge on any atom is -0.372 e. The van der Waals surface area contributed by atoms with Gasteiger partial charge in [0.05, 0.1) is 11.6 Å². The highest BCUT2D eigenvalue weighted by molar-refractivity contribution is 6.04. The first kappa shape index (κ1) is 19.9. The molecule has 1 amide bonds. The monoisotopic (exact) mass is 385 g/mol. The minimum atomic E-state index is -0.262. The highest BCUT2D eigenvalue weighted by Crippen LogP contribution is 2.21. The number of rotatable bonds is 7. The number of benzene rings is 2. The van der Waals surface area contributed by atoms with Crippen molar-refractivity contribution in [1.82, 2.24) is 4.98 Å². The number of amides is 1. The zero-order chi connectivity index (χ0) is 20.6. The minimum absolute atomic E-state index is 0.262. The van der Waals surface area contributed by atoms with E-state index in [1.165, 1.54) is 5.69 Å². The van der Waals surface area contributed by atoms with E-state index in [1.807, 2.05) is 12.1 Å². The first-order valence-corrected chi connectivity index (χ1v) is 9.52. The van der Waals surface area contributed by atoms with E-state index in [0.29, 0.717) is 22.6 Å². The molecule has 146 valence electrons. The van der Waals surface area contributed by atoms with Gasteiger partial charge in [0, 0.05) is 41.9 Å². The third-order valence-electron chi connectivity index (χ3n) is 4.54. The van der Waals surface area contributed by atoms with Gasteiger partial charge in [0.15, 0.2) is 0 Å². The molecule has 1 aromatic heterocycles.